The fourth-order valence-electron chi connectivity index (χ4n) is 4.32. The van der Waals surface area contributed by atoms with Gasteiger partial charge in [-0.3, -0.25) is 9.59 Å². The van der Waals surface area contributed by atoms with Crippen LogP contribution in [0, 0.1) is 5.92 Å². The molecule has 1 aromatic rings. The van der Waals surface area contributed by atoms with E-state index in [0.717, 1.165) is 32.4 Å². The molecular formula is C20H26N2O3. The second-order valence-electron chi connectivity index (χ2n) is 7.72. The lowest BCUT2D eigenvalue weighted by Gasteiger charge is -2.42. The van der Waals surface area contributed by atoms with Crippen LogP contribution >= 0.6 is 0 Å². The van der Waals surface area contributed by atoms with Gasteiger partial charge in [-0.2, -0.15) is 0 Å². The second-order valence-corrected chi connectivity index (χ2v) is 7.72. The number of likely N-dealkylation sites (N-methyl/N-ethyl adjacent to an activating group) is 1. The third-order valence-electron chi connectivity index (χ3n) is 6.00. The quantitative estimate of drug-likeness (QED) is 0.826. The molecule has 4 rings (SSSR count). The fourth-order valence-corrected chi connectivity index (χ4v) is 4.32. The molecule has 0 N–H and O–H groups in total. The van der Waals surface area contributed by atoms with Crippen LogP contribution in [0.3, 0.4) is 0 Å². The lowest BCUT2D eigenvalue weighted by Crippen LogP contribution is -2.52. The van der Waals surface area contributed by atoms with E-state index < -0.39 is 0 Å². The number of likely N-dealkylation sites (tertiary alicyclic amines) is 1. The summed E-state index contributed by atoms with van der Waals surface area (Å²) in [5, 5.41) is 0. The zero-order chi connectivity index (χ0) is 17.4. The molecule has 1 spiro atoms. The molecule has 1 aromatic carbocycles. The predicted octanol–water partition coefficient (Wildman–Crippen LogP) is 2.03. The van der Waals surface area contributed by atoms with Crippen molar-refractivity contribution in [2.45, 2.75) is 37.2 Å². The van der Waals surface area contributed by atoms with Gasteiger partial charge < -0.3 is 14.5 Å². The molecule has 2 atom stereocenters. The van der Waals surface area contributed by atoms with Crippen molar-refractivity contribution in [3.05, 3.63) is 35.9 Å². The van der Waals surface area contributed by atoms with Crippen LogP contribution in [-0.4, -0.2) is 60.5 Å². The molecule has 3 fully saturated rings. The van der Waals surface area contributed by atoms with E-state index in [1.165, 1.54) is 5.56 Å². The van der Waals surface area contributed by atoms with E-state index in [2.05, 4.69) is 12.1 Å². The standard InChI is InChI=1S/C20H26N2O3/c1-21-14-20(25-12-7-18(21)23)8-10-22(11-9-20)19(24)17-13-16(17)15-5-3-2-4-6-15/h2-6,16-17H,7-14H2,1H3/t16-,17+/m0/s1. The van der Waals surface area contributed by atoms with Crippen LogP contribution in [0.5, 0.6) is 0 Å². The van der Waals surface area contributed by atoms with E-state index in [4.69, 9.17) is 4.74 Å². The highest BCUT2D eigenvalue weighted by atomic mass is 16.5. The summed E-state index contributed by atoms with van der Waals surface area (Å²) in [5.41, 5.74) is 1.02. The lowest BCUT2D eigenvalue weighted by molar-refractivity contribution is -0.140. The molecule has 5 heteroatoms. The van der Waals surface area contributed by atoms with Crippen molar-refractivity contribution in [3.63, 3.8) is 0 Å². The van der Waals surface area contributed by atoms with Gasteiger partial charge in [0.1, 0.15) is 0 Å². The van der Waals surface area contributed by atoms with Crippen LogP contribution < -0.4 is 0 Å². The Morgan fingerprint density at radius 3 is 2.64 bits per heavy atom. The number of ether oxygens (including phenoxy) is 1. The van der Waals surface area contributed by atoms with Crippen LogP contribution in [-0.2, 0) is 14.3 Å². The van der Waals surface area contributed by atoms with Crippen molar-refractivity contribution in [1.82, 2.24) is 9.80 Å². The van der Waals surface area contributed by atoms with Crippen LogP contribution in [0.1, 0.15) is 37.2 Å². The Morgan fingerprint density at radius 1 is 1.20 bits per heavy atom. The highest BCUT2D eigenvalue weighted by molar-refractivity contribution is 5.83. The molecular weight excluding hydrogens is 316 g/mol. The predicted molar refractivity (Wildman–Crippen MR) is 94.0 cm³/mol. The van der Waals surface area contributed by atoms with Gasteiger partial charge in [-0.15, -0.1) is 0 Å². The van der Waals surface area contributed by atoms with Gasteiger partial charge in [0.25, 0.3) is 0 Å². The summed E-state index contributed by atoms with van der Waals surface area (Å²) < 4.78 is 6.07. The molecule has 2 amide bonds. The normalized spacial score (nSPS) is 28.8. The van der Waals surface area contributed by atoms with Gasteiger partial charge in [-0.25, -0.2) is 0 Å². The molecule has 134 valence electrons. The van der Waals surface area contributed by atoms with Crippen LogP contribution in [0.15, 0.2) is 30.3 Å². The Balaban J connectivity index is 1.35. The Hall–Kier alpha value is -1.88. The first-order valence-electron chi connectivity index (χ1n) is 9.30. The van der Waals surface area contributed by atoms with Gasteiger partial charge >= 0.3 is 0 Å². The van der Waals surface area contributed by atoms with Crippen molar-refractivity contribution in [2.24, 2.45) is 5.92 Å². The van der Waals surface area contributed by atoms with Gasteiger partial charge in [-0.05, 0) is 30.7 Å². The third-order valence-corrected chi connectivity index (χ3v) is 6.00. The maximum absolute atomic E-state index is 12.8. The van der Waals surface area contributed by atoms with Gasteiger partial charge in [0, 0.05) is 32.6 Å². The molecule has 1 saturated carbocycles. The average molecular weight is 342 g/mol. The maximum Gasteiger partial charge on any atom is 0.226 e. The van der Waals surface area contributed by atoms with E-state index in [0.29, 0.717) is 31.4 Å². The minimum absolute atomic E-state index is 0.149. The van der Waals surface area contributed by atoms with E-state index in [-0.39, 0.29) is 17.4 Å². The Labute approximate surface area is 148 Å². The molecule has 0 unspecified atom stereocenters. The topological polar surface area (TPSA) is 49.9 Å². The lowest BCUT2D eigenvalue weighted by atomic mass is 9.90. The molecule has 2 heterocycles. The van der Waals surface area contributed by atoms with Crippen molar-refractivity contribution >= 4 is 11.8 Å². The summed E-state index contributed by atoms with van der Waals surface area (Å²) in [7, 11) is 1.85. The number of carbonyl (C=O) groups is 2. The molecule has 5 nitrogen and oxygen atoms in total. The summed E-state index contributed by atoms with van der Waals surface area (Å²) in [6.45, 7) is 2.61. The van der Waals surface area contributed by atoms with Crippen molar-refractivity contribution < 1.29 is 14.3 Å². The number of carbonyl (C=O) groups excluding carboxylic acids is 2. The molecule has 25 heavy (non-hydrogen) atoms. The number of hydrogen-bond acceptors (Lipinski definition) is 3. The Bertz CT molecular complexity index is 652. The maximum atomic E-state index is 12.8. The molecule has 1 aliphatic carbocycles. The summed E-state index contributed by atoms with van der Waals surface area (Å²) in [5.74, 6) is 0.985. The fraction of sp³-hybridized carbons (Fsp3) is 0.600. The smallest absolute Gasteiger partial charge is 0.226 e. The zero-order valence-corrected chi connectivity index (χ0v) is 14.8. The number of rotatable bonds is 2. The largest absolute Gasteiger partial charge is 0.372 e. The van der Waals surface area contributed by atoms with Crippen LogP contribution in [0.2, 0.25) is 0 Å². The number of amides is 2. The second kappa shape index (κ2) is 6.45. The molecule has 2 aliphatic heterocycles. The third kappa shape index (κ3) is 3.30. The number of nitrogens with zero attached hydrogens (tertiary/aromatic N) is 2. The van der Waals surface area contributed by atoms with Crippen molar-refractivity contribution in [3.8, 4) is 0 Å². The summed E-state index contributed by atoms with van der Waals surface area (Å²) in [6, 6.07) is 10.3. The monoisotopic (exact) mass is 342 g/mol. The van der Waals surface area contributed by atoms with Gasteiger partial charge in [0.15, 0.2) is 0 Å². The average Bonchev–Trinajstić information content (AvgIpc) is 3.44. The zero-order valence-electron chi connectivity index (χ0n) is 14.8. The first-order chi connectivity index (χ1) is 12.1. The van der Waals surface area contributed by atoms with Crippen LogP contribution in [0.25, 0.3) is 0 Å². The number of benzene rings is 1. The minimum atomic E-state index is -0.264. The molecule has 2 saturated heterocycles. The van der Waals surface area contributed by atoms with E-state index in [1.807, 2.05) is 30.1 Å². The SMILES string of the molecule is CN1CC2(CCN(C(=O)[C@@H]3C[C@H]3c3ccccc3)CC2)OCCC1=O. The highest BCUT2D eigenvalue weighted by Gasteiger charge is 2.48. The van der Waals surface area contributed by atoms with Gasteiger partial charge in [-0.1, -0.05) is 30.3 Å². The molecule has 0 aromatic heterocycles. The molecule has 3 aliphatic rings. The van der Waals surface area contributed by atoms with Gasteiger partial charge in [0.05, 0.1) is 18.6 Å². The van der Waals surface area contributed by atoms with E-state index in [9.17, 15) is 9.59 Å². The number of piperidine rings is 1. The molecule has 0 radical (unpaired) electrons. The number of hydrogen-bond donors (Lipinski definition) is 0. The molecule has 0 bridgehead atoms. The first-order valence-corrected chi connectivity index (χ1v) is 9.30. The summed E-state index contributed by atoms with van der Waals surface area (Å²) >= 11 is 0. The van der Waals surface area contributed by atoms with Gasteiger partial charge in [0.2, 0.25) is 11.8 Å². The summed E-state index contributed by atoms with van der Waals surface area (Å²) in [4.78, 5) is 28.5. The summed E-state index contributed by atoms with van der Waals surface area (Å²) in [6.07, 6.45) is 3.07. The Kier molecular flexibility index (Phi) is 4.28. The van der Waals surface area contributed by atoms with E-state index in [1.54, 1.807) is 4.90 Å². The minimum Gasteiger partial charge on any atom is -0.372 e. The first kappa shape index (κ1) is 16.6. The van der Waals surface area contributed by atoms with Crippen molar-refractivity contribution in [2.75, 3.05) is 33.3 Å². The Morgan fingerprint density at radius 2 is 1.92 bits per heavy atom. The van der Waals surface area contributed by atoms with E-state index >= 15 is 0 Å². The van der Waals surface area contributed by atoms with Crippen LogP contribution in [0.4, 0.5) is 0 Å². The highest BCUT2D eigenvalue weighted by Crippen LogP contribution is 2.48. The van der Waals surface area contributed by atoms with Crippen molar-refractivity contribution in [1.29, 1.82) is 0 Å².